The van der Waals surface area contributed by atoms with Crippen molar-refractivity contribution in [3.05, 3.63) is 52.3 Å². The Morgan fingerprint density at radius 1 is 0.783 bits per heavy atom. The van der Waals surface area contributed by atoms with E-state index in [4.69, 9.17) is 4.74 Å². The minimum Gasteiger partial charge on any atom is -0.494 e. The predicted molar refractivity (Wildman–Crippen MR) is 72.9 cm³/mol. The summed E-state index contributed by atoms with van der Waals surface area (Å²) in [5.41, 5.74) is 0.185. The molecule has 0 aromatic heterocycles. The standard InChI is InChI=1S/C15H11F5N2O/c1-6-4-7(2)15(23-3)8(5-6)21-22-14-12(19)10(17)9(16)11(18)13(14)20/h4-5H,1-3H3. The van der Waals surface area contributed by atoms with Crippen LogP contribution >= 0.6 is 0 Å². The molecule has 0 unspecified atom stereocenters. The molecule has 0 aliphatic heterocycles. The van der Waals surface area contributed by atoms with Crippen LogP contribution in [0.2, 0.25) is 0 Å². The number of aryl methyl sites for hydroxylation is 2. The van der Waals surface area contributed by atoms with E-state index in [1.807, 2.05) is 0 Å². The number of hydrogen-bond donors (Lipinski definition) is 0. The average Bonchev–Trinajstić information content (AvgIpc) is 2.50. The molecule has 0 bridgehead atoms. The van der Waals surface area contributed by atoms with Gasteiger partial charge in [0.05, 0.1) is 7.11 Å². The minimum atomic E-state index is -2.25. The summed E-state index contributed by atoms with van der Waals surface area (Å²) < 4.78 is 71.4. The second-order valence-electron chi connectivity index (χ2n) is 4.75. The molecule has 0 fully saturated rings. The topological polar surface area (TPSA) is 34.0 Å². The Labute approximate surface area is 128 Å². The minimum absolute atomic E-state index is 0.106. The lowest BCUT2D eigenvalue weighted by Crippen LogP contribution is -2.00. The van der Waals surface area contributed by atoms with Crippen LogP contribution in [0.25, 0.3) is 0 Å². The normalized spacial score (nSPS) is 11.3. The van der Waals surface area contributed by atoms with Crippen molar-refractivity contribution in [1.29, 1.82) is 0 Å². The van der Waals surface area contributed by atoms with Gasteiger partial charge in [-0.05, 0) is 31.0 Å². The molecule has 2 aromatic rings. The van der Waals surface area contributed by atoms with Gasteiger partial charge >= 0.3 is 0 Å². The number of hydrogen-bond acceptors (Lipinski definition) is 3. The fraction of sp³-hybridized carbons (Fsp3) is 0.200. The lowest BCUT2D eigenvalue weighted by atomic mass is 10.1. The van der Waals surface area contributed by atoms with E-state index in [1.54, 1.807) is 19.9 Å². The lowest BCUT2D eigenvalue weighted by molar-refractivity contribution is 0.380. The van der Waals surface area contributed by atoms with Gasteiger partial charge in [-0.2, -0.15) is 0 Å². The van der Waals surface area contributed by atoms with Crippen LogP contribution in [0.5, 0.6) is 5.75 Å². The van der Waals surface area contributed by atoms with Crippen molar-refractivity contribution in [3.8, 4) is 5.75 Å². The molecular weight excluding hydrogens is 319 g/mol. The molecule has 8 heteroatoms. The SMILES string of the molecule is COc1c(C)cc(C)cc1N=Nc1c(F)c(F)c(F)c(F)c1F. The van der Waals surface area contributed by atoms with Crippen molar-refractivity contribution in [3.63, 3.8) is 0 Å². The van der Waals surface area contributed by atoms with Crippen LogP contribution in [0.3, 0.4) is 0 Å². The van der Waals surface area contributed by atoms with Crippen molar-refractivity contribution in [1.82, 2.24) is 0 Å². The van der Waals surface area contributed by atoms with Crippen LogP contribution in [0.1, 0.15) is 11.1 Å². The monoisotopic (exact) mass is 330 g/mol. The number of azo groups is 1. The highest BCUT2D eigenvalue weighted by atomic mass is 19.2. The molecular formula is C15H11F5N2O. The average molecular weight is 330 g/mol. The zero-order chi connectivity index (χ0) is 17.3. The third-order valence-electron chi connectivity index (χ3n) is 3.05. The van der Waals surface area contributed by atoms with Gasteiger partial charge in [-0.1, -0.05) is 6.07 Å². The van der Waals surface area contributed by atoms with E-state index in [2.05, 4.69) is 10.2 Å². The molecule has 122 valence electrons. The molecule has 0 heterocycles. The Morgan fingerprint density at radius 2 is 1.30 bits per heavy atom. The summed E-state index contributed by atoms with van der Waals surface area (Å²) >= 11 is 0. The van der Waals surface area contributed by atoms with Gasteiger partial charge in [0.2, 0.25) is 5.82 Å². The van der Waals surface area contributed by atoms with Crippen LogP contribution in [0, 0.1) is 42.9 Å². The maximum atomic E-state index is 13.5. The number of ether oxygens (including phenoxy) is 1. The van der Waals surface area contributed by atoms with Crippen molar-refractivity contribution < 1.29 is 26.7 Å². The molecule has 0 aliphatic rings. The van der Waals surface area contributed by atoms with Crippen LogP contribution < -0.4 is 4.74 Å². The first-order chi connectivity index (χ1) is 10.8. The third-order valence-corrected chi connectivity index (χ3v) is 3.05. The maximum absolute atomic E-state index is 13.5. The summed E-state index contributed by atoms with van der Waals surface area (Å²) in [6.07, 6.45) is 0. The summed E-state index contributed by atoms with van der Waals surface area (Å²) in [6.45, 7) is 3.45. The van der Waals surface area contributed by atoms with Crippen molar-refractivity contribution >= 4 is 11.4 Å². The van der Waals surface area contributed by atoms with Crippen LogP contribution in [0.15, 0.2) is 22.4 Å². The quantitative estimate of drug-likeness (QED) is 0.320. The van der Waals surface area contributed by atoms with E-state index in [9.17, 15) is 22.0 Å². The smallest absolute Gasteiger partial charge is 0.200 e. The zero-order valence-electron chi connectivity index (χ0n) is 12.3. The molecule has 0 N–H and O–H groups in total. The maximum Gasteiger partial charge on any atom is 0.200 e. The molecule has 0 amide bonds. The first kappa shape index (κ1) is 16.9. The van der Waals surface area contributed by atoms with Gasteiger partial charge in [0.1, 0.15) is 11.4 Å². The number of rotatable bonds is 3. The van der Waals surface area contributed by atoms with Gasteiger partial charge in [0, 0.05) is 0 Å². The van der Waals surface area contributed by atoms with E-state index in [-0.39, 0.29) is 11.4 Å². The second-order valence-corrected chi connectivity index (χ2v) is 4.75. The van der Waals surface area contributed by atoms with Crippen LogP contribution in [-0.4, -0.2) is 7.11 Å². The first-order valence-corrected chi connectivity index (χ1v) is 6.36. The molecule has 0 saturated carbocycles. The third kappa shape index (κ3) is 3.01. The zero-order valence-corrected chi connectivity index (χ0v) is 12.3. The molecule has 0 atom stereocenters. The van der Waals surface area contributed by atoms with Gasteiger partial charge in [0.25, 0.3) is 0 Å². The molecule has 2 rings (SSSR count). The van der Waals surface area contributed by atoms with E-state index in [0.717, 1.165) is 5.56 Å². The highest BCUT2D eigenvalue weighted by Gasteiger charge is 2.26. The molecule has 0 aliphatic carbocycles. The largest absolute Gasteiger partial charge is 0.494 e. The number of nitrogens with zero attached hydrogens (tertiary/aromatic N) is 2. The summed E-state index contributed by atoms with van der Waals surface area (Å²) in [4.78, 5) is 0. The Hall–Kier alpha value is -2.51. The summed E-state index contributed by atoms with van der Waals surface area (Å²) in [5, 5.41) is 6.74. The number of methoxy groups -OCH3 is 1. The van der Waals surface area contributed by atoms with Gasteiger partial charge in [-0.25, -0.2) is 22.0 Å². The molecule has 0 saturated heterocycles. The first-order valence-electron chi connectivity index (χ1n) is 6.36. The fourth-order valence-corrected chi connectivity index (χ4v) is 2.06. The highest BCUT2D eigenvalue weighted by Crippen LogP contribution is 2.35. The van der Waals surface area contributed by atoms with Gasteiger partial charge in [0.15, 0.2) is 29.0 Å². The molecule has 23 heavy (non-hydrogen) atoms. The molecule has 3 nitrogen and oxygen atoms in total. The van der Waals surface area contributed by atoms with Gasteiger partial charge in [-0.3, -0.25) is 0 Å². The summed E-state index contributed by atoms with van der Waals surface area (Å²) in [6, 6.07) is 3.28. The summed E-state index contributed by atoms with van der Waals surface area (Å²) in [5.74, 6) is -10.2. The van der Waals surface area contributed by atoms with Crippen molar-refractivity contribution in [2.45, 2.75) is 13.8 Å². The molecule has 0 spiro atoms. The van der Waals surface area contributed by atoms with E-state index >= 15 is 0 Å². The van der Waals surface area contributed by atoms with Crippen LogP contribution in [-0.2, 0) is 0 Å². The lowest BCUT2D eigenvalue weighted by Gasteiger charge is -2.09. The number of halogens is 5. The van der Waals surface area contributed by atoms with Crippen molar-refractivity contribution in [2.75, 3.05) is 7.11 Å². The van der Waals surface area contributed by atoms with Crippen molar-refractivity contribution in [2.24, 2.45) is 10.2 Å². The molecule has 0 radical (unpaired) electrons. The Bertz CT molecular complexity index is 776. The van der Waals surface area contributed by atoms with Gasteiger partial charge < -0.3 is 4.74 Å². The van der Waals surface area contributed by atoms with Gasteiger partial charge in [-0.15, -0.1) is 10.2 Å². The van der Waals surface area contributed by atoms with Crippen LogP contribution in [0.4, 0.5) is 33.3 Å². The second kappa shape index (κ2) is 6.31. The summed E-state index contributed by atoms with van der Waals surface area (Å²) in [7, 11) is 1.36. The fourth-order valence-electron chi connectivity index (χ4n) is 2.06. The predicted octanol–water partition coefficient (Wildman–Crippen LogP) is 5.42. The Morgan fingerprint density at radius 3 is 1.83 bits per heavy atom. The molecule has 2 aromatic carbocycles. The Balaban J connectivity index is 2.59. The Kier molecular flexibility index (Phi) is 4.63. The van der Waals surface area contributed by atoms with E-state index < -0.39 is 34.8 Å². The van der Waals surface area contributed by atoms with E-state index in [0.29, 0.717) is 5.56 Å². The van der Waals surface area contributed by atoms with E-state index in [1.165, 1.54) is 13.2 Å². The number of benzene rings is 2. The highest BCUT2D eigenvalue weighted by molar-refractivity contribution is 5.58.